The van der Waals surface area contributed by atoms with Crippen molar-refractivity contribution in [2.75, 3.05) is 4.90 Å². The van der Waals surface area contributed by atoms with Crippen molar-refractivity contribution in [3.8, 4) is 50.2 Å². The summed E-state index contributed by atoms with van der Waals surface area (Å²) in [6, 6.07) is 92.7. The van der Waals surface area contributed by atoms with Gasteiger partial charge in [0.25, 0.3) is 0 Å². The van der Waals surface area contributed by atoms with Crippen LogP contribution in [-0.4, -0.2) is 4.57 Å². The number of nitrogens with zero attached hydrogens (tertiary/aromatic N) is 2. The Balaban J connectivity index is 1.02. The summed E-state index contributed by atoms with van der Waals surface area (Å²) < 4.78 is 2.45. The topological polar surface area (TPSA) is 8.17 Å². The Bertz CT molecular complexity index is 3640. The molecule has 0 aliphatic rings. The molecular formula is C62H42N2. The van der Waals surface area contributed by atoms with Gasteiger partial charge in [-0.15, -0.1) is 0 Å². The molecule has 2 heteroatoms. The molecule has 0 fully saturated rings. The highest BCUT2D eigenvalue weighted by Gasteiger charge is 2.21. The van der Waals surface area contributed by atoms with Crippen LogP contribution in [0.25, 0.3) is 93.5 Å². The standard InChI is InChI=1S/C62H42N2/c1-3-16-46(17-4-1)58-28-13-29-59-61-57(27-14-30-60(61)64(62(58)59)51-22-5-2-6-23-51)50-21-11-24-54(42-50)63(52-37-33-44(34-38-52)49-32-31-43-15-7-8-19-48(43)41-49)53-39-35-47(36-40-53)56-26-12-20-45-18-9-10-25-55(45)56/h1-42H. The lowest BCUT2D eigenvalue weighted by atomic mass is 9.96. The second-order valence-corrected chi connectivity index (χ2v) is 16.5. The first kappa shape index (κ1) is 37.3. The summed E-state index contributed by atoms with van der Waals surface area (Å²) in [6.07, 6.45) is 0. The minimum atomic E-state index is 1.09. The molecule has 0 amide bonds. The Morgan fingerprint density at radius 1 is 0.281 bits per heavy atom. The lowest BCUT2D eigenvalue weighted by Crippen LogP contribution is -2.10. The molecule has 0 aliphatic carbocycles. The summed E-state index contributed by atoms with van der Waals surface area (Å²) in [7, 11) is 0. The van der Waals surface area contributed by atoms with Crippen molar-refractivity contribution in [2.24, 2.45) is 0 Å². The van der Waals surface area contributed by atoms with Gasteiger partial charge in [-0.2, -0.15) is 0 Å². The van der Waals surface area contributed by atoms with Crippen LogP contribution in [0.15, 0.2) is 255 Å². The Morgan fingerprint density at radius 3 is 1.62 bits per heavy atom. The van der Waals surface area contributed by atoms with E-state index in [1.807, 2.05) is 0 Å². The summed E-state index contributed by atoms with van der Waals surface area (Å²) in [6.45, 7) is 0. The maximum absolute atomic E-state index is 2.45. The van der Waals surface area contributed by atoms with Gasteiger partial charge in [0.2, 0.25) is 0 Å². The quantitative estimate of drug-likeness (QED) is 0.148. The fraction of sp³-hybridized carbons (Fsp3) is 0. The van der Waals surface area contributed by atoms with E-state index in [1.54, 1.807) is 0 Å². The van der Waals surface area contributed by atoms with Gasteiger partial charge in [-0.25, -0.2) is 0 Å². The van der Waals surface area contributed by atoms with Gasteiger partial charge in [0.05, 0.1) is 11.0 Å². The van der Waals surface area contributed by atoms with E-state index in [9.17, 15) is 0 Å². The number of rotatable bonds is 8. The van der Waals surface area contributed by atoms with Gasteiger partial charge in [0.15, 0.2) is 0 Å². The van der Waals surface area contributed by atoms with E-state index in [4.69, 9.17) is 0 Å². The van der Waals surface area contributed by atoms with E-state index in [1.165, 1.54) is 82.3 Å². The van der Waals surface area contributed by atoms with E-state index in [-0.39, 0.29) is 0 Å². The van der Waals surface area contributed by atoms with Crippen molar-refractivity contribution in [1.29, 1.82) is 0 Å². The molecule has 1 heterocycles. The molecule has 0 radical (unpaired) electrons. The normalized spacial score (nSPS) is 11.4. The van der Waals surface area contributed by atoms with Gasteiger partial charge in [-0.05, 0) is 121 Å². The van der Waals surface area contributed by atoms with E-state index in [0.717, 1.165) is 28.3 Å². The zero-order valence-corrected chi connectivity index (χ0v) is 35.1. The second kappa shape index (κ2) is 15.8. The molecule has 64 heavy (non-hydrogen) atoms. The van der Waals surface area contributed by atoms with Gasteiger partial charge >= 0.3 is 0 Å². The van der Waals surface area contributed by atoms with Gasteiger partial charge in [-0.3, -0.25) is 0 Å². The Labute approximate surface area is 373 Å². The van der Waals surface area contributed by atoms with Gasteiger partial charge in [0.1, 0.15) is 0 Å². The van der Waals surface area contributed by atoms with Crippen LogP contribution in [0.2, 0.25) is 0 Å². The van der Waals surface area contributed by atoms with Crippen LogP contribution in [0.3, 0.4) is 0 Å². The van der Waals surface area contributed by atoms with E-state index in [0.29, 0.717) is 0 Å². The lowest BCUT2D eigenvalue weighted by molar-refractivity contribution is 1.18. The van der Waals surface area contributed by atoms with Crippen LogP contribution in [0.4, 0.5) is 17.1 Å². The highest BCUT2D eigenvalue weighted by atomic mass is 15.1. The Kier molecular flexibility index (Phi) is 9.20. The fourth-order valence-electron chi connectivity index (χ4n) is 9.75. The second-order valence-electron chi connectivity index (χ2n) is 16.5. The molecule has 0 N–H and O–H groups in total. The summed E-state index contributed by atoms with van der Waals surface area (Å²) in [5.41, 5.74) is 16.4. The summed E-state index contributed by atoms with van der Waals surface area (Å²) >= 11 is 0. The molecule has 12 rings (SSSR count). The third-order valence-electron chi connectivity index (χ3n) is 12.8. The minimum Gasteiger partial charge on any atom is -0.310 e. The highest BCUT2D eigenvalue weighted by Crippen LogP contribution is 2.44. The minimum absolute atomic E-state index is 1.09. The molecule has 0 spiro atoms. The van der Waals surface area contributed by atoms with Crippen molar-refractivity contribution >= 4 is 60.4 Å². The highest BCUT2D eigenvalue weighted by molar-refractivity contribution is 6.19. The summed E-state index contributed by atoms with van der Waals surface area (Å²) in [4.78, 5) is 2.39. The maximum Gasteiger partial charge on any atom is 0.0619 e. The van der Waals surface area contributed by atoms with E-state index in [2.05, 4.69) is 264 Å². The van der Waals surface area contributed by atoms with E-state index >= 15 is 0 Å². The monoisotopic (exact) mass is 814 g/mol. The molecule has 2 nitrogen and oxygen atoms in total. The molecule has 0 saturated carbocycles. The Morgan fingerprint density at radius 2 is 0.828 bits per heavy atom. The Hall–Kier alpha value is -8.46. The molecule has 0 aliphatic heterocycles. The number of aromatic nitrogens is 1. The zero-order valence-electron chi connectivity index (χ0n) is 35.1. The molecule has 0 atom stereocenters. The van der Waals surface area contributed by atoms with Crippen molar-refractivity contribution in [2.45, 2.75) is 0 Å². The van der Waals surface area contributed by atoms with E-state index < -0.39 is 0 Å². The molecule has 1 aromatic heterocycles. The largest absolute Gasteiger partial charge is 0.310 e. The molecule has 11 aromatic carbocycles. The fourth-order valence-corrected chi connectivity index (χ4v) is 9.75. The van der Waals surface area contributed by atoms with Crippen LogP contribution < -0.4 is 4.90 Å². The molecular weight excluding hydrogens is 773 g/mol. The maximum atomic E-state index is 2.45. The predicted molar refractivity (Wildman–Crippen MR) is 272 cm³/mol. The number of fused-ring (bicyclic) bond motifs is 5. The van der Waals surface area contributed by atoms with Crippen molar-refractivity contribution < 1.29 is 0 Å². The van der Waals surface area contributed by atoms with Crippen LogP contribution in [-0.2, 0) is 0 Å². The van der Waals surface area contributed by atoms with Crippen molar-refractivity contribution in [1.82, 2.24) is 4.57 Å². The predicted octanol–water partition coefficient (Wildman–Crippen LogP) is 17.2. The first-order valence-corrected chi connectivity index (χ1v) is 22.0. The molecule has 0 bridgehead atoms. The van der Waals surface area contributed by atoms with Gasteiger partial charge in [-0.1, -0.05) is 194 Å². The van der Waals surface area contributed by atoms with Gasteiger partial charge < -0.3 is 9.47 Å². The SMILES string of the molecule is c1ccc(-c2cccc3c4c(-c5cccc(N(c6ccc(-c7ccc8ccccc8c7)cc6)c6ccc(-c7cccc8ccccc78)cc6)c5)cccc4n(-c4ccccc4)c23)cc1. The van der Waals surface area contributed by atoms with Crippen molar-refractivity contribution in [3.63, 3.8) is 0 Å². The van der Waals surface area contributed by atoms with Crippen LogP contribution >= 0.6 is 0 Å². The number of hydrogen-bond donors (Lipinski definition) is 0. The molecule has 0 saturated heterocycles. The number of para-hydroxylation sites is 2. The average Bonchev–Trinajstić information content (AvgIpc) is 3.72. The smallest absolute Gasteiger partial charge is 0.0619 e. The van der Waals surface area contributed by atoms with Crippen LogP contribution in [0, 0.1) is 0 Å². The number of anilines is 3. The number of benzene rings is 11. The lowest BCUT2D eigenvalue weighted by Gasteiger charge is -2.26. The van der Waals surface area contributed by atoms with Gasteiger partial charge in [0, 0.05) is 39.1 Å². The average molecular weight is 815 g/mol. The van der Waals surface area contributed by atoms with Crippen molar-refractivity contribution in [3.05, 3.63) is 255 Å². The first-order valence-electron chi connectivity index (χ1n) is 22.0. The molecule has 300 valence electrons. The third kappa shape index (κ3) is 6.52. The zero-order chi connectivity index (χ0) is 42.4. The van der Waals surface area contributed by atoms with Crippen LogP contribution in [0.1, 0.15) is 0 Å². The first-order chi connectivity index (χ1) is 31.7. The summed E-state index contributed by atoms with van der Waals surface area (Å²) in [5.74, 6) is 0. The molecule has 12 aromatic rings. The third-order valence-corrected chi connectivity index (χ3v) is 12.8. The molecule has 0 unspecified atom stereocenters. The van der Waals surface area contributed by atoms with Crippen LogP contribution in [0.5, 0.6) is 0 Å². The summed E-state index contributed by atoms with van der Waals surface area (Å²) in [5, 5.41) is 7.45. The number of hydrogen-bond acceptors (Lipinski definition) is 1.